The van der Waals surface area contributed by atoms with Gasteiger partial charge in [-0.1, -0.05) is 86.7 Å². The zero-order valence-corrected chi connectivity index (χ0v) is 22.3. The maximum atomic E-state index is 12.2. The normalized spacial score (nSPS) is 12.9. The minimum absolute atomic E-state index is 0.0345. The second-order valence-corrected chi connectivity index (χ2v) is 8.20. The van der Waals surface area contributed by atoms with Crippen molar-refractivity contribution in [2.75, 3.05) is 19.8 Å². The summed E-state index contributed by atoms with van der Waals surface area (Å²) in [6.07, 6.45) is 27.0. The molecule has 1 aromatic rings. The van der Waals surface area contributed by atoms with Gasteiger partial charge >= 0.3 is 5.97 Å². The van der Waals surface area contributed by atoms with Crippen LogP contribution in [-0.2, 0) is 14.3 Å². The highest BCUT2D eigenvalue weighted by atomic mass is 16.6. The Morgan fingerprint density at radius 3 is 1.97 bits per heavy atom. The zero-order valence-electron chi connectivity index (χ0n) is 22.3. The van der Waals surface area contributed by atoms with E-state index in [9.17, 15) is 14.7 Å². The number of para-hydroxylation sites is 1. The highest BCUT2D eigenvalue weighted by Gasteiger charge is 2.18. The van der Waals surface area contributed by atoms with E-state index in [0.717, 1.165) is 32.1 Å². The van der Waals surface area contributed by atoms with Gasteiger partial charge in [-0.05, 0) is 57.1 Å². The fraction of sp³-hybridized carbons (Fsp3) is 0.419. The number of phenolic OH excluding ortho intramolecular Hbond substituents is 1. The first-order valence-corrected chi connectivity index (χ1v) is 13.2. The molecule has 0 spiro atoms. The van der Waals surface area contributed by atoms with Gasteiger partial charge in [-0.2, -0.15) is 0 Å². The maximum Gasteiger partial charge on any atom is 0.335 e. The molecule has 0 saturated heterocycles. The van der Waals surface area contributed by atoms with Crippen molar-refractivity contribution in [2.24, 2.45) is 0 Å². The second-order valence-electron chi connectivity index (χ2n) is 8.20. The molecule has 6 heteroatoms. The van der Waals surface area contributed by atoms with Crippen molar-refractivity contribution in [1.82, 2.24) is 5.32 Å². The number of amides is 1. The largest absolute Gasteiger partial charge is 0.507 e. The molecule has 0 aromatic heterocycles. The zero-order chi connectivity index (χ0) is 27.0. The molecule has 0 bridgehead atoms. The van der Waals surface area contributed by atoms with Crippen molar-refractivity contribution in [2.45, 2.75) is 64.9 Å². The van der Waals surface area contributed by atoms with Gasteiger partial charge in [0.05, 0.1) is 18.7 Å². The van der Waals surface area contributed by atoms with Crippen LogP contribution < -0.4 is 5.32 Å². The van der Waals surface area contributed by atoms with Crippen LogP contribution in [0.4, 0.5) is 0 Å². The molecule has 1 atom stereocenters. The summed E-state index contributed by atoms with van der Waals surface area (Å²) < 4.78 is 10.9. The van der Waals surface area contributed by atoms with E-state index in [2.05, 4.69) is 66.9 Å². The van der Waals surface area contributed by atoms with E-state index in [1.54, 1.807) is 12.1 Å². The summed E-state index contributed by atoms with van der Waals surface area (Å²) in [5, 5.41) is 12.3. The first-order chi connectivity index (χ1) is 18.1. The molecule has 1 rings (SSSR count). The molecule has 1 aromatic carbocycles. The van der Waals surface area contributed by atoms with Crippen LogP contribution in [0.5, 0.6) is 5.75 Å². The van der Waals surface area contributed by atoms with Crippen molar-refractivity contribution in [3.8, 4) is 5.75 Å². The molecule has 0 radical (unpaired) electrons. The molecular formula is C31H43NO5. The average molecular weight is 510 g/mol. The summed E-state index contributed by atoms with van der Waals surface area (Å²) in [6, 6.07) is 6.27. The van der Waals surface area contributed by atoms with Gasteiger partial charge in [-0.3, -0.25) is 4.79 Å². The van der Waals surface area contributed by atoms with Gasteiger partial charge in [0.1, 0.15) is 12.4 Å². The van der Waals surface area contributed by atoms with Crippen LogP contribution in [-0.4, -0.2) is 42.8 Å². The van der Waals surface area contributed by atoms with Crippen LogP contribution >= 0.6 is 0 Å². The maximum absolute atomic E-state index is 12.2. The van der Waals surface area contributed by atoms with Crippen LogP contribution in [0.1, 0.15) is 69.2 Å². The molecule has 202 valence electrons. The molecule has 0 saturated carbocycles. The first kappa shape index (κ1) is 31.6. The number of benzene rings is 1. The molecule has 6 nitrogen and oxygen atoms in total. The predicted molar refractivity (Wildman–Crippen MR) is 151 cm³/mol. The van der Waals surface area contributed by atoms with Gasteiger partial charge in [-0.15, -0.1) is 0 Å². The third kappa shape index (κ3) is 16.1. The van der Waals surface area contributed by atoms with Gasteiger partial charge < -0.3 is 19.9 Å². The first-order valence-electron chi connectivity index (χ1n) is 13.2. The van der Waals surface area contributed by atoms with Gasteiger partial charge in [0.25, 0.3) is 5.91 Å². The fourth-order valence-electron chi connectivity index (χ4n) is 3.17. The molecule has 37 heavy (non-hydrogen) atoms. The second kappa shape index (κ2) is 21.9. The van der Waals surface area contributed by atoms with Crippen molar-refractivity contribution in [1.29, 1.82) is 0 Å². The molecule has 0 aliphatic carbocycles. The average Bonchev–Trinajstić information content (AvgIpc) is 2.90. The number of esters is 1. The summed E-state index contributed by atoms with van der Waals surface area (Å²) in [7, 11) is 0. The number of hydrogen-bond donors (Lipinski definition) is 2. The lowest BCUT2D eigenvalue weighted by molar-refractivity contribution is -0.157. The number of allylic oxidation sites excluding steroid dienone is 9. The molecule has 1 amide bonds. The third-order valence-corrected chi connectivity index (χ3v) is 5.18. The Hall–Kier alpha value is -3.38. The topological polar surface area (TPSA) is 84.9 Å². The lowest BCUT2D eigenvalue weighted by Crippen LogP contribution is -2.31. The van der Waals surface area contributed by atoms with E-state index in [1.165, 1.54) is 12.1 Å². The van der Waals surface area contributed by atoms with Crippen LogP contribution in [0.15, 0.2) is 85.0 Å². The smallest absolute Gasteiger partial charge is 0.335 e. The number of ether oxygens (including phenoxy) is 2. The SMILES string of the molecule is CC/C=C\C/C=C\C/C=C\C/C=C\C/C=C\CCOC(CC)C(=O)OCCNC(=O)c1ccccc1O. The van der Waals surface area contributed by atoms with Crippen LogP contribution in [0.25, 0.3) is 0 Å². The summed E-state index contributed by atoms with van der Waals surface area (Å²) in [6.45, 7) is 4.62. The predicted octanol–water partition coefficient (Wildman–Crippen LogP) is 6.60. The number of aromatic hydroxyl groups is 1. The molecular weight excluding hydrogens is 466 g/mol. The Bertz CT molecular complexity index is 914. The molecule has 0 aliphatic rings. The third-order valence-electron chi connectivity index (χ3n) is 5.18. The summed E-state index contributed by atoms with van der Waals surface area (Å²) in [4.78, 5) is 24.2. The molecule has 1 unspecified atom stereocenters. The number of hydrogen-bond acceptors (Lipinski definition) is 5. The fourth-order valence-corrected chi connectivity index (χ4v) is 3.17. The number of carbonyl (C=O) groups excluding carboxylic acids is 2. The van der Waals surface area contributed by atoms with E-state index in [1.807, 2.05) is 13.0 Å². The number of phenols is 1. The van der Waals surface area contributed by atoms with Crippen molar-refractivity contribution in [3.05, 3.63) is 90.6 Å². The van der Waals surface area contributed by atoms with Crippen LogP contribution in [0, 0.1) is 0 Å². The van der Waals surface area contributed by atoms with Crippen molar-refractivity contribution in [3.63, 3.8) is 0 Å². The Labute approximate surface area is 222 Å². The Balaban J connectivity index is 2.10. The molecule has 2 N–H and O–H groups in total. The highest BCUT2D eigenvalue weighted by Crippen LogP contribution is 2.14. The number of rotatable bonds is 19. The van der Waals surface area contributed by atoms with Gasteiger partial charge in [0.2, 0.25) is 0 Å². The van der Waals surface area contributed by atoms with E-state index < -0.39 is 18.0 Å². The summed E-state index contributed by atoms with van der Waals surface area (Å²) in [5.41, 5.74) is 0.179. The monoisotopic (exact) mass is 509 g/mol. The minimum atomic E-state index is -0.628. The number of nitrogens with one attached hydrogen (secondary N) is 1. The standard InChI is InChI=1S/C31H43NO5/c1-3-5-6-7-8-9-10-11-12-13-14-15-16-17-18-21-25-36-29(4-2)31(35)37-26-24-32-30(34)27-22-19-20-23-28(27)33/h5-6,8-9,11-12,14-15,17-20,22-23,29,33H,3-4,7,10,13,16,21,24-26H2,1-2H3,(H,32,34)/b6-5-,9-8-,12-11-,15-14-,18-17-. The van der Waals surface area contributed by atoms with Crippen LogP contribution in [0.3, 0.4) is 0 Å². The van der Waals surface area contributed by atoms with Gasteiger partial charge in [0.15, 0.2) is 6.10 Å². The van der Waals surface area contributed by atoms with E-state index in [0.29, 0.717) is 19.4 Å². The summed E-state index contributed by atoms with van der Waals surface area (Å²) in [5.74, 6) is -0.957. The van der Waals surface area contributed by atoms with E-state index in [4.69, 9.17) is 9.47 Å². The van der Waals surface area contributed by atoms with Crippen LogP contribution in [0.2, 0.25) is 0 Å². The highest BCUT2D eigenvalue weighted by molar-refractivity contribution is 5.96. The number of carbonyl (C=O) groups is 2. The van der Waals surface area contributed by atoms with E-state index >= 15 is 0 Å². The Morgan fingerprint density at radius 1 is 0.838 bits per heavy atom. The molecule has 0 aliphatic heterocycles. The Kier molecular flexibility index (Phi) is 18.7. The van der Waals surface area contributed by atoms with Gasteiger partial charge in [0, 0.05) is 0 Å². The van der Waals surface area contributed by atoms with Crippen molar-refractivity contribution < 1.29 is 24.2 Å². The lowest BCUT2D eigenvalue weighted by atomic mass is 10.2. The Morgan fingerprint density at radius 2 is 1.41 bits per heavy atom. The summed E-state index contributed by atoms with van der Waals surface area (Å²) >= 11 is 0. The van der Waals surface area contributed by atoms with Crippen molar-refractivity contribution >= 4 is 11.9 Å². The van der Waals surface area contributed by atoms with E-state index in [-0.39, 0.29) is 24.5 Å². The molecule has 0 heterocycles. The quantitative estimate of drug-likeness (QED) is 0.125. The van der Waals surface area contributed by atoms with Gasteiger partial charge in [-0.25, -0.2) is 4.79 Å². The lowest BCUT2D eigenvalue weighted by Gasteiger charge is -2.15. The molecule has 0 fully saturated rings. The minimum Gasteiger partial charge on any atom is -0.507 e.